The van der Waals surface area contributed by atoms with Gasteiger partial charge in [-0.1, -0.05) is 15.9 Å². The Labute approximate surface area is 130 Å². The summed E-state index contributed by atoms with van der Waals surface area (Å²) in [5.41, 5.74) is 0.496. The highest BCUT2D eigenvalue weighted by molar-refractivity contribution is 9.10. The second kappa shape index (κ2) is 6.89. The fourth-order valence-corrected chi connectivity index (χ4v) is 2.80. The molecule has 21 heavy (non-hydrogen) atoms. The maximum absolute atomic E-state index is 14.0. The van der Waals surface area contributed by atoms with E-state index in [-0.39, 0.29) is 11.9 Å². The number of nitrogens with zero attached hydrogens (tertiary/aromatic N) is 1. The van der Waals surface area contributed by atoms with Crippen molar-refractivity contribution < 1.29 is 19.1 Å². The average Bonchev–Trinajstić information content (AvgIpc) is 2.37. The zero-order valence-corrected chi connectivity index (χ0v) is 12.9. The highest BCUT2D eigenvalue weighted by Gasteiger charge is 2.23. The first-order valence-electron chi connectivity index (χ1n) is 6.67. The van der Waals surface area contributed by atoms with E-state index in [4.69, 9.17) is 5.11 Å². The first kappa shape index (κ1) is 15.8. The third kappa shape index (κ3) is 4.42. The fraction of sp³-hybridized carbons (Fsp3) is 0.429. The zero-order chi connectivity index (χ0) is 15.4. The summed E-state index contributed by atoms with van der Waals surface area (Å²) in [6.45, 7) is 1.19. The maximum atomic E-state index is 14.0. The van der Waals surface area contributed by atoms with Gasteiger partial charge in [-0.15, -0.1) is 0 Å². The topological polar surface area (TPSA) is 69.6 Å². The molecule has 5 nitrogen and oxygen atoms in total. The number of carboxylic acids is 1. The number of piperidine rings is 1. The Bertz CT molecular complexity index is 553. The Balaban J connectivity index is 2.00. The van der Waals surface area contributed by atoms with Crippen LogP contribution in [0.4, 0.5) is 10.1 Å². The summed E-state index contributed by atoms with van der Waals surface area (Å²) >= 11 is 3.22. The van der Waals surface area contributed by atoms with Gasteiger partial charge in [-0.2, -0.15) is 0 Å². The van der Waals surface area contributed by atoms with E-state index < -0.39 is 18.3 Å². The van der Waals surface area contributed by atoms with Crippen molar-refractivity contribution in [3.05, 3.63) is 28.5 Å². The van der Waals surface area contributed by atoms with E-state index in [0.717, 1.165) is 12.8 Å². The molecule has 0 bridgehead atoms. The van der Waals surface area contributed by atoms with Gasteiger partial charge in [0, 0.05) is 23.6 Å². The Hall–Kier alpha value is -1.63. The summed E-state index contributed by atoms with van der Waals surface area (Å²) in [7, 11) is 0. The van der Waals surface area contributed by atoms with Crippen molar-refractivity contribution in [2.45, 2.75) is 25.3 Å². The molecule has 114 valence electrons. The number of hydrogen-bond acceptors (Lipinski definition) is 3. The van der Waals surface area contributed by atoms with Crippen molar-refractivity contribution in [1.29, 1.82) is 0 Å². The molecular weight excluding hydrogens is 343 g/mol. The van der Waals surface area contributed by atoms with Gasteiger partial charge in [-0.05, 0) is 31.0 Å². The molecule has 2 rings (SSSR count). The minimum Gasteiger partial charge on any atom is -0.481 e. The quantitative estimate of drug-likeness (QED) is 0.809. The van der Waals surface area contributed by atoms with Crippen LogP contribution in [0.1, 0.15) is 19.3 Å². The molecule has 2 N–H and O–H groups in total. The summed E-state index contributed by atoms with van der Waals surface area (Å²) < 4.78 is 14.6. The molecule has 0 spiro atoms. The number of carbonyl (C=O) groups excluding carboxylic acids is 1. The molecule has 0 aromatic heterocycles. The van der Waals surface area contributed by atoms with Crippen LogP contribution in [0, 0.1) is 5.82 Å². The summed E-state index contributed by atoms with van der Waals surface area (Å²) in [4.78, 5) is 23.8. The summed E-state index contributed by atoms with van der Waals surface area (Å²) in [6.07, 6.45) is 1.04. The first-order chi connectivity index (χ1) is 9.95. The van der Waals surface area contributed by atoms with Crippen LogP contribution in [0.3, 0.4) is 0 Å². The van der Waals surface area contributed by atoms with E-state index in [0.29, 0.717) is 23.2 Å². The maximum Gasteiger partial charge on any atom is 0.312 e. The smallest absolute Gasteiger partial charge is 0.312 e. The number of benzene rings is 1. The van der Waals surface area contributed by atoms with E-state index in [1.807, 2.05) is 4.90 Å². The van der Waals surface area contributed by atoms with E-state index in [9.17, 15) is 14.0 Å². The molecule has 1 fully saturated rings. The number of anilines is 1. The Morgan fingerprint density at radius 2 is 2.24 bits per heavy atom. The molecule has 7 heteroatoms. The molecule has 0 saturated carbocycles. The van der Waals surface area contributed by atoms with Gasteiger partial charge in [0.25, 0.3) is 0 Å². The summed E-state index contributed by atoms with van der Waals surface area (Å²) in [5, 5.41) is 11.3. The lowest BCUT2D eigenvalue weighted by molar-refractivity contribution is -0.140. The number of rotatable bonds is 4. The number of aliphatic carboxylic acids is 1. The summed E-state index contributed by atoms with van der Waals surface area (Å²) in [6, 6.07) is 4.71. The Kier molecular flexibility index (Phi) is 5.17. The normalized spacial score (nSPS) is 18.4. The van der Waals surface area contributed by atoms with Gasteiger partial charge in [0.05, 0.1) is 5.69 Å². The highest BCUT2D eigenvalue weighted by Crippen LogP contribution is 2.25. The van der Waals surface area contributed by atoms with Crippen LogP contribution >= 0.6 is 15.9 Å². The van der Waals surface area contributed by atoms with Crippen molar-refractivity contribution in [2.24, 2.45) is 0 Å². The molecule has 1 heterocycles. The average molecular weight is 359 g/mol. The van der Waals surface area contributed by atoms with Crippen LogP contribution in [-0.4, -0.2) is 36.1 Å². The van der Waals surface area contributed by atoms with Crippen molar-refractivity contribution in [3.8, 4) is 0 Å². The molecule has 1 amide bonds. The number of nitrogens with one attached hydrogen (secondary N) is 1. The van der Waals surface area contributed by atoms with Crippen LogP contribution in [-0.2, 0) is 9.59 Å². The van der Waals surface area contributed by atoms with Gasteiger partial charge in [-0.25, -0.2) is 4.39 Å². The number of carboxylic acid groups (broad SMARTS) is 1. The van der Waals surface area contributed by atoms with Gasteiger partial charge < -0.3 is 15.3 Å². The van der Waals surface area contributed by atoms with Crippen LogP contribution in [0.25, 0.3) is 0 Å². The van der Waals surface area contributed by atoms with Crippen molar-refractivity contribution in [3.63, 3.8) is 0 Å². The van der Waals surface area contributed by atoms with Gasteiger partial charge in [-0.3, -0.25) is 9.59 Å². The van der Waals surface area contributed by atoms with Crippen molar-refractivity contribution >= 4 is 33.5 Å². The molecule has 1 saturated heterocycles. The fourth-order valence-electron chi connectivity index (χ4n) is 2.47. The Morgan fingerprint density at radius 3 is 2.90 bits per heavy atom. The molecule has 0 radical (unpaired) electrons. The van der Waals surface area contributed by atoms with Crippen LogP contribution < -0.4 is 10.2 Å². The second-order valence-electron chi connectivity index (χ2n) is 5.02. The third-order valence-electron chi connectivity index (χ3n) is 3.35. The van der Waals surface area contributed by atoms with Crippen LogP contribution in [0.2, 0.25) is 0 Å². The molecule has 1 aliphatic heterocycles. The SMILES string of the molecule is O=C(O)CC(=O)N[C@H]1CCCN(c2ccc(Br)cc2F)C1. The molecule has 1 aliphatic rings. The molecule has 1 atom stereocenters. The zero-order valence-electron chi connectivity index (χ0n) is 11.3. The third-order valence-corrected chi connectivity index (χ3v) is 3.84. The first-order valence-corrected chi connectivity index (χ1v) is 7.46. The lowest BCUT2D eigenvalue weighted by Crippen LogP contribution is -2.48. The number of halogens is 2. The van der Waals surface area contributed by atoms with Gasteiger partial charge in [0.2, 0.25) is 5.91 Å². The lowest BCUT2D eigenvalue weighted by Gasteiger charge is -2.34. The second-order valence-corrected chi connectivity index (χ2v) is 5.93. The number of hydrogen-bond donors (Lipinski definition) is 2. The minimum atomic E-state index is -1.15. The molecular formula is C14H16BrFN2O3. The van der Waals surface area contributed by atoms with Crippen molar-refractivity contribution in [2.75, 3.05) is 18.0 Å². The monoisotopic (exact) mass is 358 g/mol. The lowest BCUT2D eigenvalue weighted by atomic mass is 10.0. The largest absolute Gasteiger partial charge is 0.481 e. The van der Waals surface area contributed by atoms with Crippen molar-refractivity contribution in [1.82, 2.24) is 5.32 Å². The standard InChI is InChI=1S/C14H16BrFN2O3/c15-9-3-4-12(11(16)6-9)18-5-1-2-10(8-18)17-13(19)7-14(20)21/h3-4,6,10H,1-2,5,7-8H2,(H,17,19)(H,20,21)/t10-/m0/s1. The number of amides is 1. The molecule has 1 aromatic rings. The Morgan fingerprint density at radius 1 is 1.48 bits per heavy atom. The summed E-state index contributed by atoms with van der Waals surface area (Å²) in [5.74, 6) is -1.98. The molecule has 0 aliphatic carbocycles. The van der Waals surface area contributed by atoms with E-state index in [1.165, 1.54) is 6.07 Å². The predicted octanol–water partition coefficient (Wildman–Crippen LogP) is 2.15. The highest BCUT2D eigenvalue weighted by atomic mass is 79.9. The minimum absolute atomic E-state index is 0.159. The van der Waals surface area contributed by atoms with E-state index in [1.54, 1.807) is 12.1 Å². The van der Waals surface area contributed by atoms with E-state index >= 15 is 0 Å². The van der Waals surface area contributed by atoms with Gasteiger partial charge in [0.1, 0.15) is 12.2 Å². The van der Waals surface area contributed by atoms with Gasteiger partial charge in [0.15, 0.2) is 0 Å². The molecule has 0 unspecified atom stereocenters. The van der Waals surface area contributed by atoms with E-state index in [2.05, 4.69) is 21.2 Å². The number of carbonyl (C=O) groups is 2. The molecule has 1 aromatic carbocycles. The predicted molar refractivity (Wildman–Crippen MR) is 79.7 cm³/mol. The van der Waals surface area contributed by atoms with Gasteiger partial charge >= 0.3 is 5.97 Å². The van der Waals surface area contributed by atoms with Crippen LogP contribution in [0.5, 0.6) is 0 Å². The van der Waals surface area contributed by atoms with Crippen LogP contribution in [0.15, 0.2) is 22.7 Å².